The second-order valence-electron chi connectivity index (χ2n) is 6.75. The minimum atomic E-state index is -0.133. The first kappa shape index (κ1) is 18.5. The first-order valence-corrected chi connectivity index (χ1v) is 10.2. The molecular weight excluding hydrogens is 372 g/mol. The highest BCUT2D eigenvalue weighted by Gasteiger charge is 2.16. The molecule has 0 aliphatic heterocycles. The van der Waals surface area contributed by atoms with Gasteiger partial charge in [0.05, 0.1) is 19.9 Å². The van der Waals surface area contributed by atoms with Gasteiger partial charge in [0.15, 0.2) is 5.13 Å². The monoisotopic (exact) mass is 394 g/mol. The van der Waals surface area contributed by atoms with E-state index in [1.165, 1.54) is 35.3 Å². The van der Waals surface area contributed by atoms with Crippen LogP contribution in [0, 0.1) is 0 Å². The Morgan fingerprint density at radius 3 is 2.64 bits per heavy atom. The first-order valence-electron chi connectivity index (χ1n) is 9.29. The third kappa shape index (κ3) is 3.73. The van der Waals surface area contributed by atoms with Gasteiger partial charge >= 0.3 is 0 Å². The van der Waals surface area contributed by atoms with Crippen LogP contribution in [0.1, 0.15) is 34.3 Å². The maximum absolute atomic E-state index is 12.7. The molecule has 144 valence electrons. The van der Waals surface area contributed by atoms with Crippen molar-refractivity contribution >= 4 is 22.4 Å². The summed E-state index contributed by atoms with van der Waals surface area (Å²) in [5.41, 5.74) is 4.90. The Hall–Kier alpha value is -2.86. The summed E-state index contributed by atoms with van der Waals surface area (Å²) in [6.45, 7) is 0. The summed E-state index contributed by atoms with van der Waals surface area (Å²) >= 11 is 1.39. The number of aryl methyl sites for hydroxylation is 2. The van der Waals surface area contributed by atoms with Gasteiger partial charge in [0.2, 0.25) is 0 Å². The van der Waals surface area contributed by atoms with Crippen molar-refractivity contribution in [1.29, 1.82) is 0 Å². The average molecular weight is 394 g/mol. The first-order chi connectivity index (χ1) is 13.7. The molecule has 1 amide bonds. The molecule has 3 aromatic rings. The molecule has 0 spiro atoms. The average Bonchev–Trinajstić information content (AvgIpc) is 3.21. The third-order valence-electron chi connectivity index (χ3n) is 5.02. The summed E-state index contributed by atoms with van der Waals surface area (Å²) in [7, 11) is 3.24. The predicted molar refractivity (Wildman–Crippen MR) is 112 cm³/mol. The van der Waals surface area contributed by atoms with Crippen LogP contribution in [0.25, 0.3) is 11.3 Å². The number of fused-ring (bicyclic) bond motifs is 1. The number of thiazole rings is 1. The molecule has 6 heteroatoms. The minimum absolute atomic E-state index is 0.133. The van der Waals surface area contributed by atoms with Gasteiger partial charge in [0.1, 0.15) is 11.5 Å². The number of anilines is 1. The van der Waals surface area contributed by atoms with Gasteiger partial charge in [0, 0.05) is 16.5 Å². The second-order valence-corrected chi connectivity index (χ2v) is 7.61. The Balaban J connectivity index is 1.55. The number of nitrogens with one attached hydrogen (secondary N) is 1. The van der Waals surface area contributed by atoms with Gasteiger partial charge in [-0.1, -0.05) is 6.07 Å². The van der Waals surface area contributed by atoms with E-state index in [-0.39, 0.29) is 5.91 Å². The number of aromatic nitrogens is 1. The molecule has 28 heavy (non-hydrogen) atoms. The SMILES string of the molecule is COc1ccc(OC)c(-c2csc(NC(=O)c3ccc4c(c3)CCCC4)n2)c1. The highest BCUT2D eigenvalue weighted by Crippen LogP contribution is 2.35. The summed E-state index contributed by atoms with van der Waals surface area (Å²) in [4.78, 5) is 17.2. The number of benzene rings is 2. The van der Waals surface area contributed by atoms with Gasteiger partial charge in [0.25, 0.3) is 5.91 Å². The quantitative estimate of drug-likeness (QED) is 0.665. The molecular formula is C22H22N2O3S. The zero-order valence-electron chi connectivity index (χ0n) is 16.0. The van der Waals surface area contributed by atoms with Crippen LogP contribution in [-0.2, 0) is 12.8 Å². The third-order valence-corrected chi connectivity index (χ3v) is 5.78. The fraction of sp³-hybridized carbons (Fsp3) is 0.273. The van der Waals surface area contributed by atoms with E-state index in [0.29, 0.717) is 16.4 Å². The van der Waals surface area contributed by atoms with Crippen molar-refractivity contribution in [2.24, 2.45) is 0 Å². The van der Waals surface area contributed by atoms with Crippen LogP contribution in [0.3, 0.4) is 0 Å². The molecule has 2 aromatic carbocycles. The maximum Gasteiger partial charge on any atom is 0.257 e. The van der Waals surface area contributed by atoms with E-state index in [9.17, 15) is 4.79 Å². The van der Waals surface area contributed by atoms with Crippen LogP contribution in [0.2, 0.25) is 0 Å². The van der Waals surface area contributed by atoms with Crippen LogP contribution in [0.15, 0.2) is 41.8 Å². The van der Waals surface area contributed by atoms with E-state index in [2.05, 4.69) is 16.4 Å². The van der Waals surface area contributed by atoms with Crippen molar-refractivity contribution < 1.29 is 14.3 Å². The Bertz CT molecular complexity index is 1010. The molecule has 1 aliphatic rings. The molecule has 1 N–H and O–H groups in total. The van der Waals surface area contributed by atoms with Crippen LogP contribution < -0.4 is 14.8 Å². The number of hydrogen-bond donors (Lipinski definition) is 1. The number of carbonyl (C=O) groups excluding carboxylic acids is 1. The second kappa shape index (κ2) is 8.02. The Labute approximate surface area is 168 Å². The fourth-order valence-electron chi connectivity index (χ4n) is 3.51. The number of methoxy groups -OCH3 is 2. The van der Waals surface area contributed by atoms with E-state index >= 15 is 0 Å². The molecule has 1 heterocycles. The fourth-order valence-corrected chi connectivity index (χ4v) is 4.22. The molecule has 0 bridgehead atoms. The normalized spacial score (nSPS) is 12.9. The predicted octanol–water partition coefficient (Wildman–Crippen LogP) is 4.96. The lowest BCUT2D eigenvalue weighted by molar-refractivity contribution is 0.102. The van der Waals surface area contributed by atoms with E-state index in [1.54, 1.807) is 14.2 Å². The van der Waals surface area contributed by atoms with Crippen molar-refractivity contribution in [2.45, 2.75) is 25.7 Å². The summed E-state index contributed by atoms with van der Waals surface area (Å²) in [6, 6.07) is 11.6. The summed E-state index contributed by atoms with van der Waals surface area (Å²) in [6.07, 6.45) is 4.58. The maximum atomic E-state index is 12.7. The van der Waals surface area contributed by atoms with Crippen molar-refractivity contribution in [3.63, 3.8) is 0 Å². The van der Waals surface area contributed by atoms with E-state index in [4.69, 9.17) is 9.47 Å². The lowest BCUT2D eigenvalue weighted by Gasteiger charge is -2.16. The molecule has 0 unspecified atom stereocenters. The highest BCUT2D eigenvalue weighted by atomic mass is 32.1. The summed E-state index contributed by atoms with van der Waals surface area (Å²) in [5.74, 6) is 1.30. The van der Waals surface area contributed by atoms with Crippen molar-refractivity contribution in [3.8, 4) is 22.8 Å². The van der Waals surface area contributed by atoms with Gasteiger partial charge in [-0.3, -0.25) is 10.1 Å². The zero-order valence-corrected chi connectivity index (χ0v) is 16.8. The number of ether oxygens (including phenoxy) is 2. The molecule has 1 aliphatic carbocycles. The number of hydrogen-bond acceptors (Lipinski definition) is 5. The lowest BCUT2D eigenvalue weighted by atomic mass is 9.90. The standard InChI is InChI=1S/C22H22N2O3S/c1-26-17-9-10-20(27-2)18(12-17)19-13-28-22(23-19)24-21(25)16-8-7-14-5-3-4-6-15(14)11-16/h7-13H,3-6H2,1-2H3,(H,23,24,25). The Morgan fingerprint density at radius 2 is 1.86 bits per heavy atom. The summed E-state index contributed by atoms with van der Waals surface area (Å²) in [5, 5.41) is 5.38. The molecule has 0 saturated carbocycles. The number of nitrogens with zero attached hydrogens (tertiary/aromatic N) is 1. The molecule has 0 fully saturated rings. The molecule has 0 saturated heterocycles. The Morgan fingerprint density at radius 1 is 1.04 bits per heavy atom. The zero-order chi connectivity index (χ0) is 19.5. The molecule has 0 radical (unpaired) electrons. The van der Waals surface area contributed by atoms with E-state index in [0.717, 1.165) is 29.8 Å². The van der Waals surface area contributed by atoms with Gasteiger partial charge in [-0.05, 0) is 67.1 Å². The summed E-state index contributed by atoms with van der Waals surface area (Å²) < 4.78 is 10.7. The van der Waals surface area contributed by atoms with Crippen LogP contribution in [-0.4, -0.2) is 25.1 Å². The number of rotatable bonds is 5. The van der Waals surface area contributed by atoms with Gasteiger partial charge in [-0.25, -0.2) is 4.98 Å². The highest BCUT2D eigenvalue weighted by molar-refractivity contribution is 7.14. The van der Waals surface area contributed by atoms with E-state index < -0.39 is 0 Å². The van der Waals surface area contributed by atoms with Crippen molar-refractivity contribution in [1.82, 2.24) is 4.98 Å². The Kier molecular flexibility index (Phi) is 5.30. The van der Waals surface area contributed by atoms with Crippen LogP contribution in [0.4, 0.5) is 5.13 Å². The lowest BCUT2D eigenvalue weighted by Crippen LogP contribution is -2.13. The van der Waals surface area contributed by atoms with Crippen molar-refractivity contribution in [3.05, 3.63) is 58.5 Å². The molecule has 0 atom stereocenters. The van der Waals surface area contributed by atoms with Gasteiger partial charge in [-0.15, -0.1) is 11.3 Å². The van der Waals surface area contributed by atoms with Gasteiger partial charge < -0.3 is 9.47 Å². The number of carbonyl (C=O) groups is 1. The molecule has 1 aromatic heterocycles. The molecule has 4 rings (SSSR count). The molecule has 5 nitrogen and oxygen atoms in total. The van der Waals surface area contributed by atoms with Crippen LogP contribution >= 0.6 is 11.3 Å². The number of amides is 1. The van der Waals surface area contributed by atoms with E-state index in [1.807, 2.05) is 35.7 Å². The van der Waals surface area contributed by atoms with Crippen molar-refractivity contribution in [2.75, 3.05) is 19.5 Å². The largest absolute Gasteiger partial charge is 0.497 e. The van der Waals surface area contributed by atoms with Gasteiger partial charge in [-0.2, -0.15) is 0 Å². The minimum Gasteiger partial charge on any atom is -0.497 e. The smallest absolute Gasteiger partial charge is 0.257 e. The van der Waals surface area contributed by atoms with Crippen LogP contribution in [0.5, 0.6) is 11.5 Å². The topological polar surface area (TPSA) is 60.5 Å².